The number of amides is 1. The highest BCUT2D eigenvalue weighted by atomic mass is 16.5. The average Bonchev–Trinajstić information content (AvgIpc) is 1.81. The van der Waals surface area contributed by atoms with Crippen LogP contribution in [0.25, 0.3) is 0 Å². The van der Waals surface area contributed by atoms with Gasteiger partial charge in [0.15, 0.2) is 0 Å². The first-order chi connectivity index (χ1) is 5.81. The van der Waals surface area contributed by atoms with E-state index in [1.807, 2.05) is 13.8 Å². The van der Waals surface area contributed by atoms with Crippen LogP contribution in [0.2, 0.25) is 0 Å². The van der Waals surface area contributed by atoms with E-state index in [1.165, 1.54) is 0 Å². The van der Waals surface area contributed by atoms with E-state index in [1.54, 1.807) is 0 Å². The quantitative estimate of drug-likeness (QED) is 0.737. The van der Waals surface area contributed by atoms with Crippen molar-refractivity contribution in [2.24, 2.45) is 5.41 Å². The van der Waals surface area contributed by atoms with Gasteiger partial charge in [0.1, 0.15) is 0 Å². The van der Waals surface area contributed by atoms with Crippen molar-refractivity contribution in [3.8, 4) is 0 Å². The summed E-state index contributed by atoms with van der Waals surface area (Å²) in [6.07, 6.45) is 0.567. The second kappa shape index (κ2) is 5.10. The van der Waals surface area contributed by atoms with Crippen LogP contribution in [0, 0.1) is 5.41 Å². The molecule has 0 atom stereocenters. The molecule has 0 aromatic rings. The second-order valence-corrected chi connectivity index (χ2v) is 4.75. The van der Waals surface area contributed by atoms with Gasteiger partial charge < -0.3 is 10.1 Å². The molecule has 0 aliphatic heterocycles. The SMILES string of the molecule is CC(C)NC(=O)OCCC(C)(C)C. The fourth-order valence-electron chi connectivity index (χ4n) is 0.727. The number of ether oxygens (including phenoxy) is 1. The molecule has 0 aromatic heterocycles. The van der Waals surface area contributed by atoms with Gasteiger partial charge in [0.25, 0.3) is 0 Å². The Hall–Kier alpha value is -0.730. The lowest BCUT2D eigenvalue weighted by molar-refractivity contribution is 0.129. The zero-order chi connectivity index (χ0) is 10.5. The van der Waals surface area contributed by atoms with Gasteiger partial charge in [-0.05, 0) is 25.7 Å². The van der Waals surface area contributed by atoms with E-state index in [2.05, 4.69) is 26.1 Å². The molecule has 78 valence electrons. The van der Waals surface area contributed by atoms with Gasteiger partial charge in [-0.15, -0.1) is 0 Å². The van der Waals surface area contributed by atoms with Crippen molar-refractivity contribution in [1.29, 1.82) is 0 Å². The van der Waals surface area contributed by atoms with Gasteiger partial charge in [-0.2, -0.15) is 0 Å². The molecule has 3 nitrogen and oxygen atoms in total. The van der Waals surface area contributed by atoms with Crippen LogP contribution < -0.4 is 5.32 Å². The molecule has 0 heterocycles. The summed E-state index contributed by atoms with van der Waals surface area (Å²) in [4.78, 5) is 11.0. The van der Waals surface area contributed by atoms with Gasteiger partial charge in [0, 0.05) is 6.04 Å². The van der Waals surface area contributed by atoms with Crippen LogP contribution in [0.3, 0.4) is 0 Å². The van der Waals surface area contributed by atoms with Crippen molar-refractivity contribution < 1.29 is 9.53 Å². The van der Waals surface area contributed by atoms with Crippen LogP contribution in [-0.4, -0.2) is 18.7 Å². The number of hydrogen-bond donors (Lipinski definition) is 1. The van der Waals surface area contributed by atoms with Gasteiger partial charge in [-0.1, -0.05) is 20.8 Å². The Morgan fingerprint density at radius 2 is 1.92 bits per heavy atom. The summed E-state index contributed by atoms with van der Waals surface area (Å²) in [5, 5.41) is 2.67. The van der Waals surface area contributed by atoms with E-state index in [4.69, 9.17) is 4.74 Å². The molecule has 0 aliphatic carbocycles. The minimum absolute atomic E-state index is 0.141. The van der Waals surface area contributed by atoms with Crippen molar-refractivity contribution in [1.82, 2.24) is 5.32 Å². The third-order valence-corrected chi connectivity index (χ3v) is 1.49. The summed E-state index contributed by atoms with van der Waals surface area (Å²) in [5.74, 6) is 0. The van der Waals surface area contributed by atoms with Gasteiger partial charge in [0.2, 0.25) is 0 Å². The molecule has 0 aliphatic rings. The molecule has 0 aromatic carbocycles. The number of rotatable bonds is 3. The topological polar surface area (TPSA) is 38.3 Å². The van der Waals surface area contributed by atoms with E-state index < -0.39 is 0 Å². The average molecular weight is 187 g/mol. The molecule has 0 spiro atoms. The summed E-state index contributed by atoms with van der Waals surface area (Å²) in [5.41, 5.74) is 0.220. The lowest BCUT2D eigenvalue weighted by Gasteiger charge is -2.18. The summed E-state index contributed by atoms with van der Waals surface area (Å²) < 4.78 is 4.98. The van der Waals surface area contributed by atoms with Crippen LogP contribution in [0.4, 0.5) is 4.79 Å². The molecule has 1 amide bonds. The van der Waals surface area contributed by atoms with Crippen LogP contribution >= 0.6 is 0 Å². The predicted octanol–water partition coefficient (Wildman–Crippen LogP) is 2.56. The minimum atomic E-state index is -0.320. The predicted molar refractivity (Wildman–Crippen MR) is 53.7 cm³/mol. The first-order valence-corrected chi connectivity index (χ1v) is 4.74. The lowest BCUT2D eigenvalue weighted by Crippen LogP contribution is -2.31. The van der Waals surface area contributed by atoms with Crippen LogP contribution in [-0.2, 0) is 4.74 Å². The molecule has 0 unspecified atom stereocenters. The molecular weight excluding hydrogens is 166 g/mol. The zero-order valence-electron chi connectivity index (χ0n) is 9.31. The number of nitrogens with one attached hydrogen (secondary N) is 1. The third-order valence-electron chi connectivity index (χ3n) is 1.49. The molecule has 0 fully saturated rings. The first kappa shape index (κ1) is 12.3. The van der Waals surface area contributed by atoms with Gasteiger partial charge in [0.05, 0.1) is 6.61 Å². The Kier molecular flexibility index (Phi) is 4.81. The number of hydrogen-bond acceptors (Lipinski definition) is 2. The van der Waals surface area contributed by atoms with Crippen molar-refractivity contribution in [2.45, 2.75) is 47.1 Å². The Morgan fingerprint density at radius 1 is 1.38 bits per heavy atom. The fourth-order valence-corrected chi connectivity index (χ4v) is 0.727. The smallest absolute Gasteiger partial charge is 0.407 e. The normalized spacial score (nSPS) is 11.5. The molecule has 0 saturated carbocycles. The highest BCUT2D eigenvalue weighted by Crippen LogP contribution is 2.17. The third kappa shape index (κ3) is 9.18. The second-order valence-electron chi connectivity index (χ2n) is 4.75. The molecule has 0 bridgehead atoms. The maximum absolute atomic E-state index is 11.0. The van der Waals surface area contributed by atoms with Crippen molar-refractivity contribution in [3.63, 3.8) is 0 Å². The fraction of sp³-hybridized carbons (Fsp3) is 0.900. The highest BCUT2D eigenvalue weighted by Gasteiger charge is 2.11. The molecule has 13 heavy (non-hydrogen) atoms. The van der Waals surface area contributed by atoms with Gasteiger partial charge in [-0.25, -0.2) is 4.79 Å². The van der Waals surface area contributed by atoms with E-state index >= 15 is 0 Å². The Morgan fingerprint density at radius 3 is 2.31 bits per heavy atom. The number of carbonyl (C=O) groups is 1. The summed E-state index contributed by atoms with van der Waals surface area (Å²) in [6, 6.07) is 0.141. The molecule has 1 N–H and O–H groups in total. The number of carbonyl (C=O) groups excluding carboxylic acids is 1. The largest absolute Gasteiger partial charge is 0.450 e. The van der Waals surface area contributed by atoms with Gasteiger partial charge in [-0.3, -0.25) is 0 Å². The molecular formula is C10H21NO2. The first-order valence-electron chi connectivity index (χ1n) is 4.74. The molecule has 0 radical (unpaired) electrons. The number of alkyl carbamates (subject to hydrolysis) is 1. The zero-order valence-corrected chi connectivity index (χ0v) is 9.31. The lowest BCUT2D eigenvalue weighted by atomic mass is 9.93. The van der Waals surface area contributed by atoms with E-state index in [0.29, 0.717) is 6.61 Å². The Labute approximate surface area is 80.8 Å². The monoisotopic (exact) mass is 187 g/mol. The van der Waals surface area contributed by atoms with E-state index in [-0.39, 0.29) is 17.6 Å². The van der Waals surface area contributed by atoms with Crippen LogP contribution in [0.1, 0.15) is 41.0 Å². The van der Waals surface area contributed by atoms with Crippen molar-refractivity contribution >= 4 is 6.09 Å². The Balaban J connectivity index is 3.49. The summed E-state index contributed by atoms with van der Waals surface area (Å²) in [6.45, 7) is 10.7. The molecule has 0 saturated heterocycles. The van der Waals surface area contributed by atoms with Gasteiger partial charge >= 0.3 is 6.09 Å². The van der Waals surface area contributed by atoms with Crippen molar-refractivity contribution in [3.05, 3.63) is 0 Å². The van der Waals surface area contributed by atoms with Crippen molar-refractivity contribution in [2.75, 3.05) is 6.61 Å². The highest BCUT2D eigenvalue weighted by molar-refractivity contribution is 5.67. The summed E-state index contributed by atoms with van der Waals surface area (Å²) in [7, 11) is 0. The standard InChI is InChI=1S/C10H21NO2/c1-8(2)11-9(12)13-7-6-10(3,4)5/h8H,6-7H2,1-5H3,(H,11,12). The molecule has 0 rings (SSSR count). The minimum Gasteiger partial charge on any atom is -0.450 e. The van der Waals surface area contributed by atoms with E-state index in [9.17, 15) is 4.79 Å². The maximum atomic E-state index is 11.0. The molecule has 3 heteroatoms. The van der Waals surface area contributed by atoms with Crippen LogP contribution in [0.15, 0.2) is 0 Å². The van der Waals surface area contributed by atoms with E-state index in [0.717, 1.165) is 6.42 Å². The summed E-state index contributed by atoms with van der Waals surface area (Å²) >= 11 is 0. The maximum Gasteiger partial charge on any atom is 0.407 e. The van der Waals surface area contributed by atoms with Crippen LogP contribution in [0.5, 0.6) is 0 Å². The Bertz CT molecular complexity index is 159.